The molecule has 1 aromatic rings. The highest BCUT2D eigenvalue weighted by Gasteiger charge is 2.47. The number of benzene rings is 1. The summed E-state index contributed by atoms with van der Waals surface area (Å²) in [6.07, 6.45) is 4.64. The number of nitrogens with one attached hydrogen (secondary N) is 1. The quantitative estimate of drug-likeness (QED) is 0.846. The van der Waals surface area contributed by atoms with E-state index in [1.807, 2.05) is 25.1 Å². The van der Waals surface area contributed by atoms with E-state index < -0.39 is 5.54 Å². The molecule has 4 nitrogen and oxygen atoms in total. The molecule has 1 aliphatic heterocycles. The average molecular weight is 351 g/mol. The Morgan fingerprint density at radius 1 is 1.19 bits per heavy atom. The number of aryl methyl sites for hydroxylation is 1. The van der Waals surface area contributed by atoms with E-state index in [1.165, 1.54) is 0 Å². The number of carbonyl (C=O) groups excluding carboxylic acids is 2. The van der Waals surface area contributed by atoms with Crippen LogP contribution >= 0.6 is 15.9 Å². The highest BCUT2D eigenvalue weighted by atomic mass is 79.9. The second-order valence-electron chi connectivity index (χ2n) is 6.01. The van der Waals surface area contributed by atoms with Crippen LogP contribution in [0.2, 0.25) is 0 Å². The van der Waals surface area contributed by atoms with Crippen LogP contribution in [0.4, 0.5) is 5.69 Å². The smallest absolute Gasteiger partial charge is 0.253 e. The maximum atomic E-state index is 13.0. The van der Waals surface area contributed by atoms with Crippen LogP contribution in [0, 0.1) is 6.92 Å². The zero-order chi connectivity index (χ0) is 15.0. The number of hydrogen-bond acceptors (Lipinski definition) is 2. The van der Waals surface area contributed by atoms with Gasteiger partial charge in [-0.3, -0.25) is 9.59 Å². The van der Waals surface area contributed by atoms with Crippen LogP contribution in [-0.2, 0) is 9.59 Å². The molecule has 1 saturated heterocycles. The lowest BCUT2D eigenvalue weighted by Gasteiger charge is -2.44. The molecule has 0 radical (unpaired) electrons. The van der Waals surface area contributed by atoms with Crippen LogP contribution in [0.5, 0.6) is 0 Å². The Morgan fingerprint density at radius 2 is 1.90 bits per heavy atom. The summed E-state index contributed by atoms with van der Waals surface area (Å²) in [5.74, 6) is -0.0149. The summed E-state index contributed by atoms with van der Waals surface area (Å²) in [5.41, 5.74) is 1.16. The summed E-state index contributed by atoms with van der Waals surface area (Å²) in [5, 5.41) is 2.97. The van der Waals surface area contributed by atoms with E-state index >= 15 is 0 Å². The minimum absolute atomic E-state index is 0.0444. The van der Waals surface area contributed by atoms with Crippen LogP contribution in [0.3, 0.4) is 0 Å². The van der Waals surface area contributed by atoms with Gasteiger partial charge in [0.25, 0.3) is 5.91 Å². The fourth-order valence-electron chi connectivity index (χ4n) is 3.40. The Bertz CT molecular complexity index is 594. The van der Waals surface area contributed by atoms with E-state index in [0.29, 0.717) is 0 Å². The first-order valence-electron chi connectivity index (χ1n) is 7.41. The first-order chi connectivity index (χ1) is 10.0. The first-order valence-corrected chi connectivity index (χ1v) is 8.20. The summed E-state index contributed by atoms with van der Waals surface area (Å²) >= 11 is 3.45. The van der Waals surface area contributed by atoms with Gasteiger partial charge in [-0.1, -0.05) is 41.3 Å². The molecule has 2 amide bonds. The van der Waals surface area contributed by atoms with Crippen molar-refractivity contribution < 1.29 is 9.59 Å². The van der Waals surface area contributed by atoms with Gasteiger partial charge in [0.15, 0.2) is 0 Å². The molecule has 1 spiro atoms. The fourth-order valence-corrected chi connectivity index (χ4v) is 3.74. The van der Waals surface area contributed by atoms with Crippen LogP contribution in [0.15, 0.2) is 22.7 Å². The second kappa shape index (κ2) is 5.44. The highest BCUT2D eigenvalue weighted by Crippen LogP contribution is 2.35. The largest absolute Gasteiger partial charge is 0.340 e. The van der Waals surface area contributed by atoms with Gasteiger partial charge in [-0.05, 0) is 37.5 Å². The molecule has 3 rings (SSSR count). The molecule has 2 aliphatic rings. The number of carbonyl (C=O) groups is 2. The van der Waals surface area contributed by atoms with E-state index in [1.54, 1.807) is 4.90 Å². The standard InChI is InChI=1S/C16H19BrN2O2/c1-11-5-6-12(17)9-13(11)19-10-14(20)18-16(15(19)21)7-3-2-4-8-16/h5-6,9H,2-4,7-8,10H2,1H3,(H,18,20). The van der Waals surface area contributed by atoms with E-state index in [4.69, 9.17) is 0 Å². The van der Waals surface area contributed by atoms with E-state index in [0.717, 1.165) is 47.8 Å². The molecular formula is C16H19BrN2O2. The lowest BCUT2D eigenvalue weighted by molar-refractivity contribution is -0.137. The molecular weight excluding hydrogens is 332 g/mol. The third kappa shape index (κ3) is 2.59. The lowest BCUT2D eigenvalue weighted by atomic mass is 9.79. The van der Waals surface area contributed by atoms with Crippen LogP contribution in [0.1, 0.15) is 37.7 Å². The van der Waals surface area contributed by atoms with Gasteiger partial charge in [0.1, 0.15) is 12.1 Å². The maximum Gasteiger partial charge on any atom is 0.253 e. The van der Waals surface area contributed by atoms with Gasteiger partial charge in [-0.2, -0.15) is 0 Å². The molecule has 1 N–H and O–H groups in total. The summed E-state index contributed by atoms with van der Waals surface area (Å²) in [7, 11) is 0. The SMILES string of the molecule is Cc1ccc(Br)cc1N1CC(=O)NC2(CCCCC2)C1=O. The van der Waals surface area contributed by atoms with Crippen molar-refractivity contribution in [3.8, 4) is 0 Å². The Balaban J connectivity index is 1.99. The fraction of sp³-hybridized carbons (Fsp3) is 0.500. The van der Waals surface area contributed by atoms with Crippen LogP contribution < -0.4 is 10.2 Å². The topological polar surface area (TPSA) is 49.4 Å². The van der Waals surface area contributed by atoms with Crippen LogP contribution in [0.25, 0.3) is 0 Å². The number of amides is 2. The third-order valence-electron chi connectivity index (χ3n) is 4.50. The normalized spacial score (nSPS) is 21.5. The molecule has 0 unspecified atom stereocenters. The minimum atomic E-state index is -0.678. The second-order valence-corrected chi connectivity index (χ2v) is 6.93. The Morgan fingerprint density at radius 3 is 2.62 bits per heavy atom. The lowest BCUT2D eigenvalue weighted by Crippen LogP contribution is -2.67. The van der Waals surface area contributed by atoms with Crippen molar-refractivity contribution in [3.05, 3.63) is 28.2 Å². The maximum absolute atomic E-state index is 13.0. The molecule has 1 saturated carbocycles. The Kier molecular flexibility index (Phi) is 3.78. The molecule has 112 valence electrons. The van der Waals surface area contributed by atoms with Gasteiger partial charge < -0.3 is 10.2 Å². The predicted octanol–water partition coefficient (Wildman–Crippen LogP) is 2.92. The van der Waals surface area contributed by atoms with Gasteiger partial charge >= 0.3 is 0 Å². The molecule has 1 aromatic carbocycles. The molecule has 0 aromatic heterocycles. The number of nitrogens with zero attached hydrogens (tertiary/aromatic N) is 1. The van der Waals surface area contributed by atoms with Crippen molar-refractivity contribution in [3.63, 3.8) is 0 Å². The van der Waals surface area contributed by atoms with Gasteiger partial charge in [0, 0.05) is 10.2 Å². The monoisotopic (exact) mass is 350 g/mol. The number of anilines is 1. The summed E-state index contributed by atoms with van der Waals surface area (Å²) in [6.45, 7) is 2.08. The van der Waals surface area contributed by atoms with Crippen molar-refractivity contribution in [2.24, 2.45) is 0 Å². The molecule has 1 heterocycles. The van der Waals surface area contributed by atoms with Gasteiger partial charge in [0.2, 0.25) is 5.91 Å². The van der Waals surface area contributed by atoms with Crippen molar-refractivity contribution in [2.75, 3.05) is 11.4 Å². The van der Waals surface area contributed by atoms with E-state index in [2.05, 4.69) is 21.2 Å². The van der Waals surface area contributed by atoms with Crippen molar-refractivity contribution in [1.82, 2.24) is 5.32 Å². The summed E-state index contributed by atoms with van der Waals surface area (Å²) in [4.78, 5) is 26.8. The van der Waals surface area contributed by atoms with Gasteiger partial charge in [0.05, 0.1) is 0 Å². The molecule has 0 bridgehead atoms. The third-order valence-corrected chi connectivity index (χ3v) is 5.00. The average Bonchev–Trinajstić information content (AvgIpc) is 2.47. The number of halogens is 1. The van der Waals surface area contributed by atoms with E-state index in [9.17, 15) is 9.59 Å². The van der Waals surface area contributed by atoms with Gasteiger partial charge in [-0.25, -0.2) is 0 Å². The molecule has 2 fully saturated rings. The Labute approximate surface area is 133 Å². The predicted molar refractivity (Wildman–Crippen MR) is 85.2 cm³/mol. The molecule has 21 heavy (non-hydrogen) atoms. The van der Waals surface area contributed by atoms with Crippen molar-refractivity contribution in [2.45, 2.75) is 44.6 Å². The zero-order valence-corrected chi connectivity index (χ0v) is 13.7. The number of piperazine rings is 1. The summed E-state index contributed by atoms with van der Waals surface area (Å²) < 4.78 is 0.916. The molecule has 1 aliphatic carbocycles. The molecule has 0 atom stereocenters. The Hall–Kier alpha value is -1.36. The van der Waals surface area contributed by atoms with Crippen LogP contribution in [-0.4, -0.2) is 23.9 Å². The highest BCUT2D eigenvalue weighted by molar-refractivity contribution is 9.10. The first kappa shape index (κ1) is 14.6. The van der Waals surface area contributed by atoms with Crippen molar-refractivity contribution >= 4 is 33.4 Å². The minimum Gasteiger partial charge on any atom is -0.340 e. The summed E-state index contributed by atoms with van der Waals surface area (Å²) in [6, 6.07) is 5.83. The number of hydrogen-bond donors (Lipinski definition) is 1. The zero-order valence-electron chi connectivity index (χ0n) is 12.1. The molecule has 5 heteroatoms. The van der Waals surface area contributed by atoms with Crippen molar-refractivity contribution in [1.29, 1.82) is 0 Å². The van der Waals surface area contributed by atoms with Gasteiger partial charge in [-0.15, -0.1) is 0 Å². The number of rotatable bonds is 1. The van der Waals surface area contributed by atoms with E-state index in [-0.39, 0.29) is 18.4 Å².